The van der Waals surface area contributed by atoms with Gasteiger partial charge in [-0.05, 0) is 37.1 Å². The summed E-state index contributed by atoms with van der Waals surface area (Å²) in [6, 6.07) is 10.2. The highest BCUT2D eigenvalue weighted by atomic mass is 79.9. The molecule has 0 heterocycles. The van der Waals surface area contributed by atoms with E-state index in [-0.39, 0.29) is 17.5 Å². The van der Waals surface area contributed by atoms with Crippen LogP contribution in [0.2, 0.25) is 0 Å². The van der Waals surface area contributed by atoms with Crippen molar-refractivity contribution in [2.45, 2.75) is 30.6 Å². The average molecular weight is 496 g/mol. The molecule has 2 aromatic carbocycles. The van der Waals surface area contributed by atoms with E-state index in [0.29, 0.717) is 5.56 Å². The molecule has 2 rings (SSSR count). The second-order valence-electron chi connectivity index (χ2n) is 5.75. The Bertz CT molecular complexity index is 952. The fraction of sp³-hybridized carbons (Fsp3) is 0.278. The van der Waals surface area contributed by atoms with Gasteiger partial charge >= 0.3 is 12.3 Å². The molecule has 0 radical (unpaired) electrons. The molecular formula is C18H17BrF3NO5S. The zero-order valence-corrected chi connectivity index (χ0v) is 17.5. The Morgan fingerprint density at radius 1 is 1.17 bits per heavy atom. The maximum Gasteiger partial charge on any atom is 0.573 e. The molecule has 0 aliphatic heterocycles. The van der Waals surface area contributed by atoms with E-state index in [1.165, 1.54) is 6.07 Å². The van der Waals surface area contributed by atoms with E-state index in [1.54, 1.807) is 37.3 Å². The Kier molecular flexibility index (Phi) is 7.66. The summed E-state index contributed by atoms with van der Waals surface area (Å²) < 4.78 is 74.7. The summed E-state index contributed by atoms with van der Waals surface area (Å²) in [4.78, 5) is 11.5. The molecule has 1 N–H and O–H groups in total. The number of nitrogens with one attached hydrogen (secondary N) is 1. The number of benzene rings is 2. The predicted molar refractivity (Wildman–Crippen MR) is 102 cm³/mol. The Labute approximate surface area is 174 Å². The van der Waals surface area contributed by atoms with E-state index in [1.807, 2.05) is 0 Å². The maximum absolute atomic E-state index is 12.8. The average Bonchev–Trinajstić information content (AvgIpc) is 2.60. The molecule has 158 valence electrons. The topological polar surface area (TPSA) is 81.7 Å². The number of ether oxygens (including phenoxy) is 2. The van der Waals surface area contributed by atoms with E-state index >= 15 is 0 Å². The van der Waals surface area contributed by atoms with E-state index in [4.69, 9.17) is 4.74 Å². The minimum atomic E-state index is -5.10. The standard InChI is InChI=1S/C18H17BrF3NO5S/c1-2-27-17(24)14(10-12-6-4-3-5-7-12)23-29(25,26)16-9-8-13(19)11-15(16)28-18(20,21)22/h3-9,11,14,23H,2,10H2,1H3. The molecule has 2 aromatic rings. The third kappa shape index (κ3) is 7.02. The fourth-order valence-corrected chi connectivity index (χ4v) is 4.06. The van der Waals surface area contributed by atoms with Crippen molar-refractivity contribution >= 4 is 31.9 Å². The van der Waals surface area contributed by atoms with Crippen LogP contribution in [0.1, 0.15) is 12.5 Å². The van der Waals surface area contributed by atoms with Crippen LogP contribution in [0, 0.1) is 0 Å². The van der Waals surface area contributed by atoms with Crippen molar-refractivity contribution in [3.05, 3.63) is 58.6 Å². The fourth-order valence-electron chi connectivity index (χ4n) is 2.42. The van der Waals surface area contributed by atoms with Crippen LogP contribution >= 0.6 is 15.9 Å². The third-order valence-corrected chi connectivity index (χ3v) is 5.58. The van der Waals surface area contributed by atoms with Gasteiger partial charge in [-0.1, -0.05) is 46.3 Å². The molecule has 0 bridgehead atoms. The van der Waals surface area contributed by atoms with Gasteiger partial charge in [0.1, 0.15) is 10.9 Å². The highest BCUT2D eigenvalue weighted by molar-refractivity contribution is 9.10. The minimum Gasteiger partial charge on any atom is -0.465 e. The van der Waals surface area contributed by atoms with Gasteiger partial charge < -0.3 is 9.47 Å². The second kappa shape index (κ2) is 9.59. The van der Waals surface area contributed by atoms with E-state index in [9.17, 15) is 26.4 Å². The summed E-state index contributed by atoms with van der Waals surface area (Å²) in [5.41, 5.74) is 0.635. The Hall–Kier alpha value is -2.11. The second-order valence-corrected chi connectivity index (χ2v) is 8.35. The number of rotatable bonds is 8. The summed E-state index contributed by atoms with van der Waals surface area (Å²) in [5, 5.41) is 0. The summed E-state index contributed by atoms with van der Waals surface area (Å²) in [6.07, 6.45) is -5.15. The first-order valence-corrected chi connectivity index (χ1v) is 10.6. The van der Waals surface area contributed by atoms with Crippen molar-refractivity contribution in [1.82, 2.24) is 4.72 Å². The molecule has 0 amide bonds. The van der Waals surface area contributed by atoms with Gasteiger partial charge in [0.15, 0.2) is 5.75 Å². The molecular weight excluding hydrogens is 479 g/mol. The van der Waals surface area contributed by atoms with Crippen LogP contribution in [0.5, 0.6) is 5.75 Å². The Morgan fingerprint density at radius 3 is 2.41 bits per heavy atom. The molecule has 0 spiro atoms. The highest BCUT2D eigenvalue weighted by Gasteiger charge is 2.35. The van der Waals surface area contributed by atoms with E-state index < -0.39 is 39.0 Å². The number of carbonyl (C=O) groups excluding carboxylic acids is 1. The molecule has 29 heavy (non-hydrogen) atoms. The number of hydrogen-bond acceptors (Lipinski definition) is 5. The lowest BCUT2D eigenvalue weighted by molar-refractivity contribution is -0.275. The number of halogens is 4. The van der Waals surface area contributed by atoms with Crippen LogP contribution in [0.4, 0.5) is 13.2 Å². The normalized spacial score (nSPS) is 13.0. The van der Waals surface area contributed by atoms with Crippen LogP contribution < -0.4 is 9.46 Å². The number of hydrogen-bond donors (Lipinski definition) is 1. The van der Waals surface area contributed by atoms with Crippen molar-refractivity contribution in [2.75, 3.05) is 6.61 Å². The van der Waals surface area contributed by atoms with Crippen molar-refractivity contribution < 1.29 is 35.9 Å². The van der Waals surface area contributed by atoms with Crippen molar-refractivity contribution in [3.63, 3.8) is 0 Å². The SMILES string of the molecule is CCOC(=O)C(Cc1ccccc1)NS(=O)(=O)c1ccc(Br)cc1OC(F)(F)F. The van der Waals surface area contributed by atoms with Crippen molar-refractivity contribution in [1.29, 1.82) is 0 Å². The lowest BCUT2D eigenvalue weighted by Gasteiger charge is -2.19. The largest absolute Gasteiger partial charge is 0.573 e. The zero-order valence-electron chi connectivity index (χ0n) is 15.1. The predicted octanol–water partition coefficient (Wildman–Crippen LogP) is 3.80. The molecule has 0 aromatic heterocycles. The minimum absolute atomic E-state index is 0.00652. The van der Waals surface area contributed by atoms with E-state index in [2.05, 4.69) is 25.4 Å². The Morgan fingerprint density at radius 2 is 1.83 bits per heavy atom. The highest BCUT2D eigenvalue weighted by Crippen LogP contribution is 2.32. The van der Waals surface area contributed by atoms with E-state index in [0.717, 1.165) is 12.1 Å². The van der Waals surface area contributed by atoms with Gasteiger partial charge in [0.25, 0.3) is 0 Å². The molecule has 0 aliphatic rings. The maximum atomic E-state index is 12.8. The van der Waals surface area contributed by atoms with Gasteiger partial charge in [-0.3, -0.25) is 4.79 Å². The summed E-state index contributed by atoms with van der Waals surface area (Å²) in [5.74, 6) is -1.78. The molecule has 0 saturated carbocycles. The number of alkyl halides is 3. The molecule has 6 nitrogen and oxygen atoms in total. The van der Waals surface area contributed by atoms with Gasteiger partial charge in [-0.15, -0.1) is 13.2 Å². The van der Waals surface area contributed by atoms with Crippen LogP contribution in [-0.2, 0) is 26.0 Å². The quantitative estimate of drug-likeness (QED) is 0.563. The van der Waals surface area contributed by atoms with Crippen LogP contribution in [0.3, 0.4) is 0 Å². The third-order valence-electron chi connectivity index (χ3n) is 3.57. The number of carbonyl (C=O) groups is 1. The summed E-state index contributed by atoms with van der Waals surface area (Å²) >= 11 is 2.97. The number of esters is 1. The van der Waals surface area contributed by atoms with Gasteiger partial charge in [0, 0.05) is 4.47 Å². The molecule has 11 heteroatoms. The van der Waals surface area contributed by atoms with Gasteiger partial charge in [-0.25, -0.2) is 8.42 Å². The summed E-state index contributed by atoms with van der Waals surface area (Å²) in [7, 11) is -4.56. The monoisotopic (exact) mass is 495 g/mol. The van der Waals surface area contributed by atoms with Crippen molar-refractivity contribution in [3.8, 4) is 5.75 Å². The van der Waals surface area contributed by atoms with Crippen LogP contribution in [-0.4, -0.2) is 33.4 Å². The smallest absolute Gasteiger partial charge is 0.465 e. The molecule has 1 unspecified atom stereocenters. The first kappa shape index (κ1) is 23.2. The first-order chi connectivity index (χ1) is 13.5. The summed E-state index contributed by atoms with van der Waals surface area (Å²) in [6.45, 7) is 1.56. The molecule has 0 fully saturated rings. The Balaban J connectivity index is 2.38. The number of sulfonamides is 1. The zero-order chi connectivity index (χ0) is 21.7. The van der Waals surface area contributed by atoms with Gasteiger partial charge in [0.2, 0.25) is 10.0 Å². The molecule has 1 atom stereocenters. The molecule has 0 saturated heterocycles. The van der Waals surface area contributed by atoms with Gasteiger partial charge in [0.05, 0.1) is 6.61 Å². The van der Waals surface area contributed by atoms with Crippen molar-refractivity contribution in [2.24, 2.45) is 0 Å². The van der Waals surface area contributed by atoms with Crippen LogP contribution in [0.25, 0.3) is 0 Å². The first-order valence-electron chi connectivity index (χ1n) is 8.30. The van der Waals surface area contributed by atoms with Crippen LogP contribution in [0.15, 0.2) is 57.9 Å². The lowest BCUT2D eigenvalue weighted by Crippen LogP contribution is -2.43. The molecule has 0 aliphatic carbocycles. The van der Waals surface area contributed by atoms with Gasteiger partial charge in [-0.2, -0.15) is 4.72 Å². The lowest BCUT2D eigenvalue weighted by atomic mass is 10.1.